The number of benzene rings is 1. The lowest BCUT2D eigenvalue weighted by Crippen LogP contribution is -2.22. The number of nitrogens with one attached hydrogen (secondary N) is 1. The smallest absolute Gasteiger partial charge is 0.261 e. The number of carbonyl (C=O) groups excluding carboxylic acids is 1. The van der Waals surface area contributed by atoms with E-state index in [0.29, 0.717) is 0 Å². The molecule has 1 amide bonds. The highest BCUT2D eigenvalue weighted by Crippen LogP contribution is 2.22. The van der Waals surface area contributed by atoms with Crippen LogP contribution in [0.1, 0.15) is 15.9 Å². The van der Waals surface area contributed by atoms with Gasteiger partial charge in [0.05, 0.1) is 17.4 Å². The summed E-state index contributed by atoms with van der Waals surface area (Å²) in [4.78, 5) is 11.7. The molecule has 2 aromatic rings. The highest BCUT2D eigenvalue weighted by Gasteiger charge is 2.15. The lowest BCUT2D eigenvalue weighted by Gasteiger charge is -2.06. The molecule has 8 heteroatoms. The zero-order valence-electron chi connectivity index (χ0n) is 9.97. The molecule has 0 unspecified atom stereocenters. The molecule has 2 rings (SSSR count). The third-order valence-electron chi connectivity index (χ3n) is 2.45. The van der Waals surface area contributed by atoms with Gasteiger partial charge in [0, 0.05) is 33.4 Å². The molecular formula is C12H9Cl2NO4S. The predicted octanol–water partition coefficient (Wildman–Crippen LogP) is 2.79. The van der Waals surface area contributed by atoms with Crippen LogP contribution < -0.4 is 5.32 Å². The molecule has 0 saturated heterocycles. The summed E-state index contributed by atoms with van der Waals surface area (Å²) >= 11 is 5.78. The lowest BCUT2D eigenvalue weighted by atomic mass is 10.2. The molecule has 20 heavy (non-hydrogen) atoms. The van der Waals surface area contributed by atoms with Gasteiger partial charge in [0.25, 0.3) is 15.0 Å². The van der Waals surface area contributed by atoms with Gasteiger partial charge in [0.2, 0.25) is 0 Å². The second kappa shape index (κ2) is 5.87. The fourth-order valence-electron chi connectivity index (χ4n) is 1.51. The lowest BCUT2D eigenvalue weighted by molar-refractivity contribution is 0.0950. The van der Waals surface area contributed by atoms with Gasteiger partial charge >= 0.3 is 0 Å². The van der Waals surface area contributed by atoms with Crippen molar-refractivity contribution in [2.45, 2.75) is 11.4 Å². The van der Waals surface area contributed by atoms with E-state index in [2.05, 4.69) is 5.32 Å². The van der Waals surface area contributed by atoms with Crippen molar-refractivity contribution < 1.29 is 17.6 Å². The van der Waals surface area contributed by atoms with Crippen molar-refractivity contribution >= 4 is 37.2 Å². The van der Waals surface area contributed by atoms with Crippen LogP contribution in [0.2, 0.25) is 5.02 Å². The highest BCUT2D eigenvalue weighted by atomic mass is 35.7. The van der Waals surface area contributed by atoms with E-state index >= 15 is 0 Å². The number of rotatable bonds is 4. The van der Waals surface area contributed by atoms with Crippen LogP contribution in [0.5, 0.6) is 0 Å². The Kier molecular flexibility index (Phi) is 4.37. The van der Waals surface area contributed by atoms with E-state index in [0.717, 1.165) is 5.56 Å². The van der Waals surface area contributed by atoms with Crippen LogP contribution in [-0.4, -0.2) is 14.3 Å². The Balaban J connectivity index is 2.19. The van der Waals surface area contributed by atoms with Crippen molar-refractivity contribution in [3.8, 4) is 0 Å². The van der Waals surface area contributed by atoms with Crippen LogP contribution in [-0.2, 0) is 15.6 Å². The van der Waals surface area contributed by atoms with E-state index < -0.39 is 15.0 Å². The maximum absolute atomic E-state index is 11.9. The van der Waals surface area contributed by atoms with Gasteiger partial charge in [-0.2, -0.15) is 0 Å². The molecule has 0 fully saturated rings. The number of halogens is 2. The van der Waals surface area contributed by atoms with Crippen molar-refractivity contribution in [2.75, 3.05) is 0 Å². The Bertz CT molecular complexity index is 726. The van der Waals surface area contributed by atoms with Crippen LogP contribution in [0, 0.1) is 0 Å². The van der Waals surface area contributed by atoms with E-state index in [1.54, 1.807) is 6.07 Å². The van der Waals surface area contributed by atoms with E-state index in [4.69, 9.17) is 26.7 Å². The molecule has 0 aliphatic rings. The fourth-order valence-corrected chi connectivity index (χ4v) is 2.61. The first-order valence-electron chi connectivity index (χ1n) is 5.41. The molecule has 5 nitrogen and oxygen atoms in total. The van der Waals surface area contributed by atoms with Crippen LogP contribution >= 0.6 is 22.3 Å². The van der Waals surface area contributed by atoms with Crippen molar-refractivity contribution in [2.24, 2.45) is 0 Å². The van der Waals surface area contributed by atoms with Crippen molar-refractivity contribution in [3.05, 3.63) is 52.9 Å². The summed E-state index contributed by atoms with van der Waals surface area (Å²) in [5.41, 5.74) is 0.894. The Morgan fingerprint density at radius 3 is 2.65 bits per heavy atom. The molecule has 0 atom stereocenters. The molecule has 0 aliphatic carbocycles. The Morgan fingerprint density at radius 2 is 2.05 bits per heavy atom. The fraction of sp³-hybridized carbons (Fsp3) is 0.0833. The van der Waals surface area contributed by atoms with Gasteiger partial charge in [-0.25, -0.2) is 8.42 Å². The average Bonchev–Trinajstić information content (AvgIpc) is 2.87. The number of furan rings is 1. The molecule has 0 saturated carbocycles. The SMILES string of the molecule is O=C(NCc1ccoc1)c1cc(Cl)cc(S(=O)(=O)Cl)c1. The van der Waals surface area contributed by atoms with Gasteiger partial charge in [-0.1, -0.05) is 11.6 Å². The number of carbonyl (C=O) groups is 1. The molecular weight excluding hydrogens is 325 g/mol. The normalized spacial score (nSPS) is 11.3. The van der Waals surface area contributed by atoms with Crippen LogP contribution in [0.25, 0.3) is 0 Å². The minimum Gasteiger partial charge on any atom is -0.472 e. The third kappa shape index (κ3) is 3.75. The van der Waals surface area contributed by atoms with Crippen LogP contribution in [0.3, 0.4) is 0 Å². The summed E-state index contributed by atoms with van der Waals surface area (Å²) in [5, 5.41) is 2.72. The van der Waals surface area contributed by atoms with Gasteiger partial charge < -0.3 is 9.73 Å². The van der Waals surface area contributed by atoms with Crippen LogP contribution in [0.4, 0.5) is 0 Å². The van der Waals surface area contributed by atoms with Gasteiger partial charge in [0.1, 0.15) is 0 Å². The third-order valence-corrected chi connectivity index (χ3v) is 4.00. The summed E-state index contributed by atoms with van der Waals surface area (Å²) < 4.78 is 27.4. The first-order valence-corrected chi connectivity index (χ1v) is 8.09. The molecule has 106 valence electrons. The number of amides is 1. The first-order chi connectivity index (χ1) is 9.36. The maximum Gasteiger partial charge on any atom is 0.261 e. The van der Waals surface area contributed by atoms with Crippen molar-refractivity contribution in [3.63, 3.8) is 0 Å². The summed E-state index contributed by atoms with van der Waals surface area (Å²) in [7, 11) is 1.29. The number of hydrogen-bond donors (Lipinski definition) is 1. The van der Waals surface area contributed by atoms with E-state index in [-0.39, 0.29) is 22.0 Å². The second-order valence-electron chi connectivity index (χ2n) is 3.93. The second-order valence-corrected chi connectivity index (χ2v) is 6.93. The first kappa shape index (κ1) is 14.9. The number of hydrogen-bond acceptors (Lipinski definition) is 4. The molecule has 1 aromatic carbocycles. The topological polar surface area (TPSA) is 76.4 Å². The van der Waals surface area contributed by atoms with E-state index in [1.165, 1.54) is 30.7 Å². The summed E-state index contributed by atoms with van der Waals surface area (Å²) in [6.07, 6.45) is 2.98. The van der Waals surface area contributed by atoms with Crippen molar-refractivity contribution in [1.82, 2.24) is 5.32 Å². The molecule has 0 radical (unpaired) electrons. The molecule has 0 bridgehead atoms. The largest absolute Gasteiger partial charge is 0.472 e. The average molecular weight is 334 g/mol. The standard InChI is InChI=1S/C12H9Cl2NO4S/c13-10-3-9(4-11(5-10)20(14,17)18)12(16)15-6-8-1-2-19-7-8/h1-5,7H,6H2,(H,15,16). The zero-order chi connectivity index (χ0) is 14.8. The summed E-state index contributed by atoms with van der Waals surface area (Å²) in [5.74, 6) is -0.463. The monoisotopic (exact) mass is 333 g/mol. The highest BCUT2D eigenvalue weighted by molar-refractivity contribution is 8.13. The minimum atomic E-state index is -3.95. The molecule has 1 aromatic heterocycles. The predicted molar refractivity (Wildman–Crippen MR) is 74.4 cm³/mol. The maximum atomic E-state index is 11.9. The Morgan fingerprint density at radius 1 is 1.30 bits per heavy atom. The molecule has 0 spiro atoms. The molecule has 0 aliphatic heterocycles. The summed E-state index contributed by atoms with van der Waals surface area (Å²) in [6.45, 7) is 0.255. The molecule has 1 heterocycles. The zero-order valence-corrected chi connectivity index (χ0v) is 12.3. The van der Waals surface area contributed by atoms with Crippen molar-refractivity contribution in [1.29, 1.82) is 0 Å². The molecule has 1 N–H and O–H groups in total. The Hall–Kier alpha value is -1.50. The van der Waals surface area contributed by atoms with E-state index in [9.17, 15) is 13.2 Å². The Labute approximate surface area is 124 Å². The summed E-state index contributed by atoms with van der Waals surface area (Å²) in [6, 6.07) is 5.40. The van der Waals surface area contributed by atoms with Gasteiger partial charge in [0.15, 0.2) is 0 Å². The van der Waals surface area contributed by atoms with Gasteiger partial charge in [-0.05, 0) is 24.3 Å². The quantitative estimate of drug-likeness (QED) is 0.873. The van der Waals surface area contributed by atoms with E-state index in [1.807, 2.05) is 0 Å². The van der Waals surface area contributed by atoms with Gasteiger partial charge in [-0.3, -0.25) is 4.79 Å². The minimum absolute atomic E-state index is 0.111. The van der Waals surface area contributed by atoms with Crippen LogP contribution in [0.15, 0.2) is 46.1 Å². The van der Waals surface area contributed by atoms with Gasteiger partial charge in [-0.15, -0.1) is 0 Å².